The fraction of sp³-hybridized carbons (Fsp3) is 0.154. The van der Waals surface area contributed by atoms with Gasteiger partial charge in [0.2, 0.25) is 5.91 Å². The molecule has 0 unspecified atom stereocenters. The minimum absolute atomic E-state index is 0.135. The number of amides is 1. The Bertz CT molecular complexity index is 436. The topological polar surface area (TPSA) is 29.1 Å². The predicted octanol–water partition coefficient (Wildman–Crippen LogP) is 3.83. The van der Waals surface area contributed by atoms with E-state index in [0.717, 1.165) is 15.7 Å². The van der Waals surface area contributed by atoms with Gasteiger partial charge in [-0.1, -0.05) is 24.3 Å². The molecule has 0 heterocycles. The molecule has 0 spiro atoms. The van der Waals surface area contributed by atoms with Crippen LogP contribution in [-0.4, -0.2) is 5.91 Å². The number of rotatable bonds is 3. The van der Waals surface area contributed by atoms with Crippen molar-refractivity contribution in [2.24, 2.45) is 0 Å². The predicted molar refractivity (Wildman–Crippen MR) is 71.5 cm³/mol. The number of aryl methyl sites for hydroxylation is 1. The molecule has 0 aliphatic heterocycles. The van der Waals surface area contributed by atoms with Crippen LogP contribution in [0.3, 0.4) is 0 Å². The van der Waals surface area contributed by atoms with Crippen molar-refractivity contribution in [3.63, 3.8) is 0 Å². The summed E-state index contributed by atoms with van der Waals surface area (Å²) in [6.07, 6.45) is 6.88. The van der Waals surface area contributed by atoms with Gasteiger partial charge in [0.15, 0.2) is 0 Å². The van der Waals surface area contributed by atoms with E-state index >= 15 is 0 Å². The molecule has 0 aromatic heterocycles. The van der Waals surface area contributed by atoms with E-state index in [9.17, 15) is 4.79 Å². The summed E-state index contributed by atoms with van der Waals surface area (Å²) < 4.78 is 0.880. The molecule has 84 valence electrons. The van der Waals surface area contributed by atoms with E-state index in [1.807, 2.05) is 44.2 Å². The number of carbonyl (C=O) groups excluding carboxylic acids is 1. The average molecular weight is 280 g/mol. The largest absolute Gasteiger partial charge is 0.321 e. The van der Waals surface area contributed by atoms with Gasteiger partial charge in [0.1, 0.15) is 0 Å². The second-order valence-electron chi connectivity index (χ2n) is 3.36. The molecule has 1 rings (SSSR count). The first-order valence-corrected chi connectivity index (χ1v) is 5.79. The van der Waals surface area contributed by atoms with Crippen LogP contribution in [0.15, 0.2) is 47.0 Å². The molecule has 1 aromatic carbocycles. The van der Waals surface area contributed by atoms with E-state index < -0.39 is 0 Å². The Balaban J connectivity index is 2.73. The van der Waals surface area contributed by atoms with Gasteiger partial charge in [-0.3, -0.25) is 4.79 Å². The van der Waals surface area contributed by atoms with E-state index in [-0.39, 0.29) is 5.91 Å². The van der Waals surface area contributed by atoms with Crippen LogP contribution >= 0.6 is 15.9 Å². The van der Waals surface area contributed by atoms with E-state index in [0.29, 0.717) is 0 Å². The van der Waals surface area contributed by atoms with Crippen LogP contribution < -0.4 is 5.32 Å². The first-order chi connectivity index (χ1) is 7.63. The molecular weight excluding hydrogens is 266 g/mol. The van der Waals surface area contributed by atoms with Crippen molar-refractivity contribution in [2.75, 3.05) is 5.32 Å². The van der Waals surface area contributed by atoms with Gasteiger partial charge in [0, 0.05) is 10.5 Å². The number of nitrogens with one attached hydrogen (secondary N) is 1. The van der Waals surface area contributed by atoms with Crippen LogP contribution in [0.5, 0.6) is 0 Å². The lowest BCUT2D eigenvalue weighted by Gasteiger charge is -2.05. The molecule has 0 bridgehead atoms. The Morgan fingerprint density at radius 2 is 2.12 bits per heavy atom. The number of anilines is 1. The maximum atomic E-state index is 11.5. The summed E-state index contributed by atoms with van der Waals surface area (Å²) in [6, 6.07) is 5.82. The molecule has 16 heavy (non-hydrogen) atoms. The molecule has 0 aliphatic rings. The van der Waals surface area contributed by atoms with Crippen LogP contribution in [0.2, 0.25) is 0 Å². The Morgan fingerprint density at radius 3 is 2.81 bits per heavy atom. The molecule has 0 fully saturated rings. The smallest absolute Gasteiger partial charge is 0.248 e. The third kappa shape index (κ3) is 4.03. The summed E-state index contributed by atoms with van der Waals surface area (Å²) in [7, 11) is 0. The van der Waals surface area contributed by atoms with Crippen molar-refractivity contribution in [3.8, 4) is 0 Å². The number of hydrogen-bond acceptors (Lipinski definition) is 1. The Kier molecular flexibility index (Phi) is 4.99. The minimum atomic E-state index is -0.135. The van der Waals surface area contributed by atoms with Crippen LogP contribution in [0, 0.1) is 6.92 Å². The van der Waals surface area contributed by atoms with Crippen molar-refractivity contribution in [1.82, 2.24) is 0 Å². The van der Waals surface area contributed by atoms with Gasteiger partial charge in [-0.15, -0.1) is 0 Å². The zero-order valence-electron chi connectivity index (χ0n) is 9.33. The van der Waals surface area contributed by atoms with Gasteiger partial charge in [-0.05, 0) is 47.5 Å². The first kappa shape index (κ1) is 12.7. The van der Waals surface area contributed by atoms with Crippen molar-refractivity contribution in [1.29, 1.82) is 0 Å². The fourth-order valence-electron chi connectivity index (χ4n) is 1.16. The Labute approximate surface area is 104 Å². The summed E-state index contributed by atoms with van der Waals surface area (Å²) in [5, 5.41) is 2.80. The lowest BCUT2D eigenvalue weighted by Crippen LogP contribution is -2.08. The maximum Gasteiger partial charge on any atom is 0.248 e. The lowest BCUT2D eigenvalue weighted by atomic mass is 10.2. The highest BCUT2D eigenvalue weighted by molar-refractivity contribution is 9.10. The number of carbonyl (C=O) groups is 1. The maximum absolute atomic E-state index is 11.5. The SMILES string of the molecule is CC=CC=CC(=O)Nc1cc(C)ccc1Br. The molecular formula is C13H14BrNO. The summed E-state index contributed by atoms with van der Waals surface area (Å²) >= 11 is 3.39. The van der Waals surface area contributed by atoms with Crippen molar-refractivity contribution in [3.05, 3.63) is 52.5 Å². The Morgan fingerprint density at radius 1 is 1.38 bits per heavy atom. The minimum Gasteiger partial charge on any atom is -0.321 e. The molecule has 2 nitrogen and oxygen atoms in total. The van der Waals surface area contributed by atoms with Crippen LogP contribution in [-0.2, 0) is 4.79 Å². The van der Waals surface area contributed by atoms with E-state index in [4.69, 9.17) is 0 Å². The summed E-state index contributed by atoms with van der Waals surface area (Å²) in [4.78, 5) is 11.5. The molecule has 1 amide bonds. The molecule has 1 aromatic rings. The van der Waals surface area contributed by atoms with Crippen LogP contribution in [0.4, 0.5) is 5.69 Å². The van der Waals surface area contributed by atoms with Crippen molar-refractivity contribution < 1.29 is 4.79 Å². The summed E-state index contributed by atoms with van der Waals surface area (Å²) in [6.45, 7) is 3.89. The van der Waals surface area contributed by atoms with Gasteiger partial charge in [-0.25, -0.2) is 0 Å². The molecule has 0 saturated heterocycles. The number of hydrogen-bond donors (Lipinski definition) is 1. The zero-order chi connectivity index (χ0) is 12.0. The summed E-state index contributed by atoms with van der Waals surface area (Å²) in [5.41, 5.74) is 1.89. The number of benzene rings is 1. The third-order valence-electron chi connectivity index (χ3n) is 1.93. The highest BCUT2D eigenvalue weighted by atomic mass is 79.9. The van der Waals surface area contributed by atoms with Crippen LogP contribution in [0.1, 0.15) is 12.5 Å². The summed E-state index contributed by atoms with van der Waals surface area (Å²) in [5.74, 6) is -0.135. The van der Waals surface area contributed by atoms with Gasteiger partial charge >= 0.3 is 0 Å². The normalized spacial score (nSPS) is 11.2. The molecule has 0 saturated carbocycles. The first-order valence-electron chi connectivity index (χ1n) is 5.00. The zero-order valence-corrected chi connectivity index (χ0v) is 10.9. The van der Waals surface area contributed by atoms with Gasteiger partial charge in [-0.2, -0.15) is 0 Å². The van der Waals surface area contributed by atoms with E-state index in [1.54, 1.807) is 6.08 Å². The highest BCUT2D eigenvalue weighted by Gasteiger charge is 2.02. The number of allylic oxidation sites excluding steroid dienone is 3. The standard InChI is InChI=1S/C13H14BrNO/c1-3-4-5-6-13(16)15-12-9-10(2)7-8-11(12)14/h3-9H,1-2H3,(H,15,16). The average Bonchev–Trinajstić information content (AvgIpc) is 2.24. The van der Waals surface area contributed by atoms with Crippen LogP contribution in [0.25, 0.3) is 0 Å². The second-order valence-corrected chi connectivity index (χ2v) is 4.21. The molecule has 1 N–H and O–H groups in total. The lowest BCUT2D eigenvalue weighted by molar-refractivity contribution is -0.111. The fourth-order valence-corrected chi connectivity index (χ4v) is 1.51. The van der Waals surface area contributed by atoms with Gasteiger partial charge < -0.3 is 5.32 Å². The Hall–Kier alpha value is -1.35. The second kappa shape index (κ2) is 6.28. The molecule has 0 atom stereocenters. The quantitative estimate of drug-likeness (QED) is 0.661. The third-order valence-corrected chi connectivity index (χ3v) is 2.62. The monoisotopic (exact) mass is 279 g/mol. The molecule has 3 heteroatoms. The molecule has 0 radical (unpaired) electrons. The van der Waals surface area contributed by atoms with Crippen molar-refractivity contribution in [2.45, 2.75) is 13.8 Å². The van der Waals surface area contributed by atoms with Gasteiger partial charge in [0.05, 0.1) is 5.69 Å². The van der Waals surface area contributed by atoms with Gasteiger partial charge in [0.25, 0.3) is 0 Å². The van der Waals surface area contributed by atoms with E-state index in [2.05, 4.69) is 21.2 Å². The molecule has 0 aliphatic carbocycles. The van der Waals surface area contributed by atoms with E-state index in [1.165, 1.54) is 6.08 Å². The number of halogens is 1. The van der Waals surface area contributed by atoms with Crippen molar-refractivity contribution >= 4 is 27.5 Å². The highest BCUT2D eigenvalue weighted by Crippen LogP contribution is 2.23.